The Balaban J connectivity index is 0.000000256. The molecule has 0 aliphatic carbocycles. The molecule has 1 aliphatic rings. The van der Waals surface area contributed by atoms with E-state index >= 15 is 0 Å². The second-order valence-electron chi connectivity index (χ2n) is 5.22. The van der Waals surface area contributed by atoms with Gasteiger partial charge in [-0.25, -0.2) is 4.79 Å². The molecule has 0 saturated carbocycles. The lowest BCUT2D eigenvalue weighted by Crippen LogP contribution is -2.33. The van der Waals surface area contributed by atoms with Crippen molar-refractivity contribution in [3.05, 3.63) is 30.2 Å². The molecular formula is C14H15F3N4O3. The minimum absolute atomic E-state index is 0.0433. The second-order valence-corrected chi connectivity index (χ2v) is 5.22. The number of aliphatic carboxylic acids is 1. The fraction of sp³-hybridized carbons (Fsp3) is 0.357. The number of nitrogens with zero attached hydrogens (tertiary/aromatic N) is 2. The molecule has 0 spiro atoms. The van der Waals surface area contributed by atoms with Gasteiger partial charge in [0, 0.05) is 35.5 Å². The monoisotopic (exact) mass is 344 g/mol. The van der Waals surface area contributed by atoms with Gasteiger partial charge in [-0.1, -0.05) is 0 Å². The van der Waals surface area contributed by atoms with Crippen molar-refractivity contribution in [3.8, 4) is 0 Å². The van der Waals surface area contributed by atoms with Gasteiger partial charge in [0.1, 0.15) is 0 Å². The number of H-pyrrole nitrogens is 1. The van der Waals surface area contributed by atoms with Gasteiger partial charge in [0.25, 0.3) is 0 Å². The Morgan fingerprint density at radius 3 is 2.67 bits per heavy atom. The maximum absolute atomic E-state index is 11.7. The van der Waals surface area contributed by atoms with Gasteiger partial charge < -0.3 is 20.7 Å². The number of hydrogen-bond donors (Lipinski definition) is 3. The summed E-state index contributed by atoms with van der Waals surface area (Å²) in [4.78, 5) is 29.7. The number of carbonyl (C=O) groups excluding carboxylic acids is 1. The predicted octanol–water partition coefficient (Wildman–Crippen LogP) is 1.26. The summed E-state index contributed by atoms with van der Waals surface area (Å²) in [5.41, 5.74) is 7.76. The molecule has 130 valence electrons. The third-order valence-corrected chi connectivity index (χ3v) is 3.42. The van der Waals surface area contributed by atoms with Crippen LogP contribution >= 0.6 is 0 Å². The van der Waals surface area contributed by atoms with Gasteiger partial charge >= 0.3 is 12.1 Å². The van der Waals surface area contributed by atoms with Crippen LogP contribution in [0.1, 0.15) is 12.1 Å². The van der Waals surface area contributed by atoms with Crippen LogP contribution < -0.4 is 5.73 Å². The van der Waals surface area contributed by atoms with Crippen molar-refractivity contribution in [1.29, 1.82) is 0 Å². The maximum atomic E-state index is 11.7. The smallest absolute Gasteiger partial charge is 0.475 e. The Bertz CT molecular complexity index is 711. The number of carboxylic acid groups (broad SMARTS) is 1. The first-order chi connectivity index (χ1) is 11.2. The van der Waals surface area contributed by atoms with E-state index in [4.69, 9.17) is 15.6 Å². The third-order valence-electron chi connectivity index (χ3n) is 3.42. The van der Waals surface area contributed by atoms with Crippen molar-refractivity contribution < 1.29 is 27.9 Å². The van der Waals surface area contributed by atoms with E-state index in [2.05, 4.69) is 9.97 Å². The Hall–Kier alpha value is -2.62. The number of pyridine rings is 1. The van der Waals surface area contributed by atoms with E-state index in [0.29, 0.717) is 6.54 Å². The summed E-state index contributed by atoms with van der Waals surface area (Å²) >= 11 is 0. The summed E-state index contributed by atoms with van der Waals surface area (Å²) in [7, 11) is 0. The van der Waals surface area contributed by atoms with Crippen LogP contribution in [0.2, 0.25) is 0 Å². The Labute approximate surface area is 134 Å². The molecule has 4 N–H and O–H groups in total. The highest BCUT2D eigenvalue weighted by atomic mass is 19.4. The molecule has 1 saturated heterocycles. The van der Waals surface area contributed by atoms with Crippen LogP contribution in [0.5, 0.6) is 0 Å². The van der Waals surface area contributed by atoms with Crippen LogP contribution in [0.3, 0.4) is 0 Å². The molecule has 2 aromatic rings. The standard InChI is InChI=1S/C12H14N4O.C2HF3O2/c13-10-2-4-16(12(10)17)7-9-5-8-6-14-3-1-11(8)15-9;3-2(4,5)1(6)7/h1,3,5-6,10,15H,2,4,7,13H2;(H,6,7)/t10-;/m0./s1. The van der Waals surface area contributed by atoms with Crippen LogP contribution in [0.15, 0.2) is 24.5 Å². The highest BCUT2D eigenvalue weighted by Crippen LogP contribution is 2.17. The highest BCUT2D eigenvalue weighted by molar-refractivity contribution is 5.84. The molecule has 1 fully saturated rings. The fourth-order valence-electron chi connectivity index (χ4n) is 2.24. The average molecular weight is 344 g/mol. The van der Waals surface area contributed by atoms with Crippen molar-refractivity contribution in [2.24, 2.45) is 5.73 Å². The number of carbonyl (C=O) groups is 2. The van der Waals surface area contributed by atoms with Crippen LogP contribution in [0.25, 0.3) is 10.9 Å². The first kappa shape index (κ1) is 17.7. The Morgan fingerprint density at radius 2 is 2.17 bits per heavy atom. The number of alkyl halides is 3. The van der Waals surface area contributed by atoms with E-state index in [9.17, 15) is 18.0 Å². The van der Waals surface area contributed by atoms with Crippen LogP contribution in [-0.2, 0) is 16.1 Å². The fourth-order valence-corrected chi connectivity index (χ4v) is 2.24. The van der Waals surface area contributed by atoms with Gasteiger partial charge in [-0.2, -0.15) is 13.2 Å². The Kier molecular flexibility index (Phi) is 5.07. The van der Waals surface area contributed by atoms with Crippen molar-refractivity contribution in [2.75, 3.05) is 6.54 Å². The molecule has 1 amide bonds. The van der Waals surface area contributed by atoms with Crippen LogP contribution in [0, 0.1) is 0 Å². The quantitative estimate of drug-likeness (QED) is 0.759. The average Bonchev–Trinajstić information content (AvgIpc) is 3.05. The molecule has 0 bridgehead atoms. The second kappa shape index (κ2) is 6.87. The van der Waals surface area contributed by atoms with Crippen molar-refractivity contribution in [3.63, 3.8) is 0 Å². The number of aromatic nitrogens is 2. The van der Waals surface area contributed by atoms with Gasteiger partial charge in [0.15, 0.2) is 0 Å². The molecule has 1 aliphatic heterocycles. The van der Waals surface area contributed by atoms with Crippen LogP contribution in [-0.4, -0.2) is 50.6 Å². The topological polar surface area (TPSA) is 112 Å². The summed E-state index contributed by atoms with van der Waals surface area (Å²) in [6.45, 7) is 1.34. The number of likely N-dealkylation sites (tertiary alicyclic amines) is 1. The van der Waals surface area contributed by atoms with Crippen molar-refractivity contribution >= 4 is 22.8 Å². The molecule has 3 rings (SSSR count). The summed E-state index contributed by atoms with van der Waals surface area (Å²) in [6.07, 6.45) is -0.771. The molecule has 0 radical (unpaired) electrons. The predicted molar refractivity (Wildman–Crippen MR) is 77.8 cm³/mol. The van der Waals surface area contributed by atoms with Gasteiger partial charge in [0.05, 0.1) is 12.6 Å². The van der Waals surface area contributed by atoms with E-state index in [1.165, 1.54) is 0 Å². The maximum Gasteiger partial charge on any atom is 0.490 e. The lowest BCUT2D eigenvalue weighted by atomic mass is 10.3. The minimum atomic E-state index is -5.08. The number of nitrogens with two attached hydrogens (primary N) is 1. The number of carboxylic acids is 1. The highest BCUT2D eigenvalue weighted by Gasteiger charge is 2.38. The normalized spacial score (nSPS) is 17.8. The van der Waals surface area contributed by atoms with Crippen LogP contribution in [0.4, 0.5) is 13.2 Å². The number of nitrogens with one attached hydrogen (secondary N) is 1. The lowest BCUT2D eigenvalue weighted by molar-refractivity contribution is -0.192. The van der Waals surface area contributed by atoms with E-state index in [-0.39, 0.29) is 11.9 Å². The van der Waals surface area contributed by atoms with Gasteiger partial charge in [-0.15, -0.1) is 0 Å². The molecule has 0 aromatic carbocycles. The van der Waals surface area contributed by atoms with Gasteiger partial charge in [-0.3, -0.25) is 9.78 Å². The molecule has 1 atom stereocenters. The van der Waals surface area contributed by atoms with E-state index in [1.807, 2.05) is 18.3 Å². The summed E-state index contributed by atoms with van der Waals surface area (Å²) in [5.74, 6) is -2.71. The number of hydrogen-bond acceptors (Lipinski definition) is 4. The Morgan fingerprint density at radius 1 is 1.50 bits per heavy atom. The summed E-state index contributed by atoms with van der Waals surface area (Å²) in [5, 5.41) is 8.19. The van der Waals surface area contributed by atoms with E-state index in [1.54, 1.807) is 11.1 Å². The lowest BCUT2D eigenvalue weighted by Gasteiger charge is -2.14. The first-order valence-corrected chi connectivity index (χ1v) is 6.94. The number of fused-ring (bicyclic) bond motifs is 1. The minimum Gasteiger partial charge on any atom is -0.475 e. The summed E-state index contributed by atoms with van der Waals surface area (Å²) in [6, 6.07) is 3.64. The number of halogens is 3. The van der Waals surface area contributed by atoms with Gasteiger partial charge in [-0.05, 0) is 18.6 Å². The van der Waals surface area contributed by atoms with Gasteiger partial charge in [0.2, 0.25) is 5.91 Å². The van der Waals surface area contributed by atoms with Crippen molar-refractivity contribution in [1.82, 2.24) is 14.9 Å². The number of aromatic amines is 1. The van der Waals surface area contributed by atoms with E-state index in [0.717, 1.165) is 29.6 Å². The number of rotatable bonds is 2. The number of amides is 1. The molecule has 3 heterocycles. The molecule has 0 unspecified atom stereocenters. The zero-order valence-corrected chi connectivity index (χ0v) is 12.4. The summed E-state index contributed by atoms with van der Waals surface area (Å²) < 4.78 is 31.7. The molecular weight excluding hydrogens is 329 g/mol. The molecule has 7 nitrogen and oxygen atoms in total. The largest absolute Gasteiger partial charge is 0.490 e. The molecule has 24 heavy (non-hydrogen) atoms. The zero-order valence-electron chi connectivity index (χ0n) is 12.4. The van der Waals surface area contributed by atoms with E-state index < -0.39 is 12.1 Å². The zero-order chi connectivity index (χ0) is 17.9. The SMILES string of the molecule is N[C@H]1CCN(Cc2cc3cnccc3[nH]2)C1=O.O=C(O)C(F)(F)F. The van der Waals surface area contributed by atoms with Crippen molar-refractivity contribution in [2.45, 2.75) is 25.2 Å². The molecule has 10 heteroatoms. The third kappa shape index (κ3) is 4.22. The first-order valence-electron chi connectivity index (χ1n) is 6.94. The molecule has 2 aromatic heterocycles.